The lowest BCUT2D eigenvalue weighted by molar-refractivity contribution is 0.309. The van der Waals surface area contributed by atoms with Crippen LogP contribution in [-0.2, 0) is 10.2 Å². The zero-order valence-electron chi connectivity index (χ0n) is 10.3. The fourth-order valence-corrected chi connectivity index (χ4v) is 1.26. The van der Waals surface area contributed by atoms with Crippen molar-refractivity contribution in [2.24, 2.45) is 0 Å². The van der Waals surface area contributed by atoms with Gasteiger partial charge in [-0.05, 0) is 23.1 Å². The van der Waals surface area contributed by atoms with Crippen LogP contribution in [0.3, 0.4) is 0 Å². The first kappa shape index (κ1) is 12.6. The van der Waals surface area contributed by atoms with Gasteiger partial charge in [-0.2, -0.15) is 0 Å². The first-order chi connectivity index (χ1) is 7.43. The van der Waals surface area contributed by atoms with Crippen LogP contribution in [0, 0.1) is 5.41 Å². The maximum Gasteiger partial charge on any atom is 0.219 e. The molecular weight excluding hydrogens is 202 g/mol. The number of rotatable bonds is 3. The van der Waals surface area contributed by atoms with Crippen molar-refractivity contribution in [2.75, 3.05) is 13.7 Å². The monoisotopic (exact) mass is 221 g/mol. The molecule has 16 heavy (non-hydrogen) atoms. The molecule has 0 aliphatic rings. The Bertz CT molecular complexity index is 349. The van der Waals surface area contributed by atoms with E-state index in [4.69, 9.17) is 14.9 Å². The Hall–Kier alpha value is -1.51. The van der Waals surface area contributed by atoms with Gasteiger partial charge in [-0.1, -0.05) is 32.9 Å². The maximum absolute atomic E-state index is 7.28. The van der Waals surface area contributed by atoms with Gasteiger partial charge >= 0.3 is 0 Å². The van der Waals surface area contributed by atoms with Gasteiger partial charge in [-0.25, -0.2) is 0 Å². The van der Waals surface area contributed by atoms with Gasteiger partial charge in [-0.15, -0.1) is 0 Å². The molecule has 88 valence electrons. The van der Waals surface area contributed by atoms with Crippen molar-refractivity contribution in [3.8, 4) is 5.75 Å². The third-order valence-corrected chi connectivity index (χ3v) is 2.34. The number of ether oxygens (including phenoxy) is 2. The highest BCUT2D eigenvalue weighted by atomic mass is 16.5. The normalized spacial score (nSPS) is 11.0. The molecule has 0 bridgehead atoms. The van der Waals surface area contributed by atoms with E-state index in [1.54, 1.807) is 0 Å². The molecule has 1 rings (SSSR count). The Labute approximate surface area is 96.9 Å². The molecule has 3 nitrogen and oxygen atoms in total. The molecule has 1 aromatic rings. The molecule has 0 atom stereocenters. The smallest absolute Gasteiger partial charge is 0.219 e. The van der Waals surface area contributed by atoms with Crippen molar-refractivity contribution in [3.63, 3.8) is 0 Å². The molecule has 0 heterocycles. The lowest BCUT2D eigenvalue weighted by Crippen LogP contribution is -2.13. The summed E-state index contributed by atoms with van der Waals surface area (Å²) in [6, 6.07) is 7.94. The summed E-state index contributed by atoms with van der Waals surface area (Å²) in [5.41, 5.74) is 1.42. The Morgan fingerprint density at radius 1 is 1.19 bits per heavy atom. The van der Waals surface area contributed by atoms with E-state index in [2.05, 4.69) is 20.8 Å². The SMILES string of the molecule is COC(=N)COc1ccc(C(C)(C)C)cc1. The summed E-state index contributed by atoms with van der Waals surface area (Å²) in [7, 11) is 1.47. The average Bonchev–Trinajstić information content (AvgIpc) is 2.25. The zero-order chi connectivity index (χ0) is 12.2. The first-order valence-electron chi connectivity index (χ1n) is 5.28. The van der Waals surface area contributed by atoms with Gasteiger partial charge in [0.1, 0.15) is 5.75 Å². The highest BCUT2D eigenvalue weighted by Gasteiger charge is 2.12. The van der Waals surface area contributed by atoms with Crippen LogP contribution in [-0.4, -0.2) is 19.6 Å². The van der Waals surface area contributed by atoms with Crippen molar-refractivity contribution < 1.29 is 9.47 Å². The second-order valence-corrected chi connectivity index (χ2v) is 4.69. The molecule has 0 aliphatic heterocycles. The van der Waals surface area contributed by atoms with E-state index in [-0.39, 0.29) is 17.9 Å². The van der Waals surface area contributed by atoms with Gasteiger partial charge in [0.15, 0.2) is 6.61 Å². The Morgan fingerprint density at radius 3 is 2.19 bits per heavy atom. The van der Waals surface area contributed by atoms with Crippen LogP contribution < -0.4 is 4.74 Å². The fourth-order valence-electron chi connectivity index (χ4n) is 1.26. The molecule has 0 aliphatic carbocycles. The van der Waals surface area contributed by atoms with Crippen molar-refractivity contribution in [1.29, 1.82) is 5.41 Å². The number of hydrogen-bond acceptors (Lipinski definition) is 3. The molecule has 0 unspecified atom stereocenters. The van der Waals surface area contributed by atoms with E-state index < -0.39 is 0 Å². The summed E-state index contributed by atoms with van der Waals surface area (Å²) in [4.78, 5) is 0. The van der Waals surface area contributed by atoms with Gasteiger partial charge in [0, 0.05) is 0 Å². The molecule has 0 fully saturated rings. The highest BCUT2D eigenvalue weighted by molar-refractivity contribution is 5.73. The highest BCUT2D eigenvalue weighted by Crippen LogP contribution is 2.24. The summed E-state index contributed by atoms with van der Waals surface area (Å²) in [5, 5.41) is 7.28. The van der Waals surface area contributed by atoms with Crippen LogP contribution in [0.25, 0.3) is 0 Å². The Kier molecular flexibility index (Phi) is 3.93. The van der Waals surface area contributed by atoms with Crippen molar-refractivity contribution in [2.45, 2.75) is 26.2 Å². The van der Waals surface area contributed by atoms with E-state index in [9.17, 15) is 0 Å². The second kappa shape index (κ2) is 5.01. The summed E-state index contributed by atoms with van der Waals surface area (Å²) < 4.78 is 10.1. The minimum atomic E-state index is 0.125. The molecule has 0 saturated heterocycles. The lowest BCUT2D eigenvalue weighted by Gasteiger charge is -2.19. The predicted molar refractivity (Wildman–Crippen MR) is 65.4 cm³/mol. The number of hydrogen-bond donors (Lipinski definition) is 1. The average molecular weight is 221 g/mol. The van der Waals surface area contributed by atoms with Gasteiger partial charge in [-0.3, -0.25) is 5.41 Å². The van der Waals surface area contributed by atoms with E-state index in [1.165, 1.54) is 12.7 Å². The van der Waals surface area contributed by atoms with E-state index in [1.807, 2.05) is 24.3 Å². The van der Waals surface area contributed by atoms with Crippen LogP contribution in [0.4, 0.5) is 0 Å². The Morgan fingerprint density at radius 2 is 1.75 bits per heavy atom. The predicted octanol–water partition coefficient (Wildman–Crippen LogP) is 2.99. The van der Waals surface area contributed by atoms with Crippen molar-refractivity contribution in [3.05, 3.63) is 29.8 Å². The molecule has 0 amide bonds. The summed E-state index contributed by atoms with van der Waals surface area (Å²) >= 11 is 0. The van der Waals surface area contributed by atoms with Gasteiger partial charge in [0.25, 0.3) is 0 Å². The lowest BCUT2D eigenvalue weighted by atomic mass is 9.87. The Balaban J connectivity index is 2.62. The molecule has 0 saturated carbocycles. The van der Waals surface area contributed by atoms with E-state index in [0.717, 1.165) is 5.75 Å². The third kappa shape index (κ3) is 3.57. The van der Waals surface area contributed by atoms with Crippen molar-refractivity contribution >= 4 is 5.90 Å². The number of methoxy groups -OCH3 is 1. The number of benzene rings is 1. The fraction of sp³-hybridized carbons (Fsp3) is 0.462. The van der Waals surface area contributed by atoms with Crippen LogP contribution in [0.15, 0.2) is 24.3 Å². The molecule has 0 spiro atoms. The minimum Gasteiger partial charge on any atom is -0.484 e. The van der Waals surface area contributed by atoms with E-state index >= 15 is 0 Å². The number of nitrogens with one attached hydrogen (secondary N) is 1. The molecule has 0 radical (unpaired) electrons. The molecule has 3 heteroatoms. The van der Waals surface area contributed by atoms with Crippen LogP contribution in [0.2, 0.25) is 0 Å². The van der Waals surface area contributed by atoms with Gasteiger partial charge < -0.3 is 9.47 Å². The molecule has 1 aromatic carbocycles. The molecule has 0 aromatic heterocycles. The van der Waals surface area contributed by atoms with Crippen LogP contribution in [0.1, 0.15) is 26.3 Å². The molecular formula is C13H19NO2. The first-order valence-corrected chi connectivity index (χ1v) is 5.28. The summed E-state index contributed by atoms with van der Waals surface area (Å²) in [6.45, 7) is 6.68. The zero-order valence-corrected chi connectivity index (χ0v) is 10.3. The third-order valence-electron chi connectivity index (χ3n) is 2.34. The van der Waals surface area contributed by atoms with Gasteiger partial charge in [0.05, 0.1) is 7.11 Å². The van der Waals surface area contributed by atoms with Gasteiger partial charge in [0.2, 0.25) is 5.90 Å². The van der Waals surface area contributed by atoms with Crippen LogP contribution >= 0.6 is 0 Å². The maximum atomic E-state index is 7.28. The van der Waals surface area contributed by atoms with Crippen LogP contribution in [0.5, 0.6) is 5.75 Å². The topological polar surface area (TPSA) is 42.3 Å². The summed E-state index contributed by atoms with van der Waals surface area (Å²) in [6.07, 6.45) is 0. The largest absolute Gasteiger partial charge is 0.484 e. The summed E-state index contributed by atoms with van der Waals surface area (Å²) in [5.74, 6) is 0.884. The molecule has 1 N–H and O–H groups in total. The minimum absolute atomic E-state index is 0.125. The van der Waals surface area contributed by atoms with E-state index in [0.29, 0.717) is 0 Å². The second-order valence-electron chi connectivity index (χ2n) is 4.69. The standard InChI is InChI=1S/C13H19NO2/c1-13(2,3)10-5-7-11(8-6-10)16-9-12(14)15-4/h5-8,14H,9H2,1-4H3. The quantitative estimate of drug-likeness (QED) is 0.629. The van der Waals surface area contributed by atoms with Crippen molar-refractivity contribution in [1.82, 2.24) is 0 Å².